The Kier molecular flexibility index (Phi) is 3.97. The van der Waals surface area contributed by atoms with Gasteiger partial charge in [0.2, 0.25) is 5.88 Å². The highest BCUT2D eigenvalue weighted by Crippen LogP contribution is 2.24. The zero-order valence-corrected chi connectivity index (χ0v) is 11.0. The second-order valence-corrected chi connectivity index (χ2v) is 4.44. The summed E-state index contributed by atoms with van der Waals surface area (Å²) in [6, 6.07) is 8.03. The maximum Gasteiger partial charge on any atom is 0.219 e. The van der Waals surface area contributed by atoms with E-state index >= 15 is 0 Å². The van der Waals surface area contributed by atoms with Crippen molar-refractivity contribution in [2.75, 3.05) is 0 Å². The number of halogens is 3. The molecule has 0 spiro atoms. The zero-order chi connectivity index (χ0) is 12.3. The molecule has 0 bridgehead atoms. The fraction of sp³-hybridized carbons (Fsp3) is 0.0833. The number of pyridine rings is 1. The largest absolute Gasteiger partial charge is 0.439 e. The van der Waals surface area contributed by atoms with Crippen LogP contribution in [-0.4, -0.2) is 4.98 Å². The number of hydrogen-bond acceptors (Lipinski definition) is 2. The van der Waals surface area contributed by atoms with Crippen molar-refractivity contribution in [2.45, 2.75) is 5.88 Å². The van der Waals surface area contributed by atoms with E-state index in [2.05, 4.69) is 20.9 Å². The van der Waals surface area contributed by atoms with Gasteiger partial charge in [-0.25, -0.2) is 9.37 Å². The molecular formula is C12H8BrClFNO. The SMILES string of the molecule is Fc1cc(Oc2ccc(CCl)cn2)ccc1Br. The lowest BCUT2D eigenvalue weighted by Gasteiger charge is -2.05. The summed E-state index contributed by atoms with van der Waals surface area (Å²) in [4.78, 5) is 4.06. The van der Waals surface area contributed by atoms with E-state index in [1.54, 1.807) is 24.4 Å². The van der Waals surface area contributed by atoms with Gasteiger partial charge in [0.15, 0.2) is 0 Å². The highest BCUT2D eigenvalue weighted by molar-refractivity contribution is 9.10. The Bertz CT molecular complexity index is 518. The van der Waals surface area contributed by atoms with Crippen LogP contribution in [0.15, 0.2) is 41.0 Å². The number of benzene rings is 1. The van der Waals surface area contributed by atoms with E-state index in [1.165, 1.54) is 6.07 Å². The molecule has 1 aromatic carbocycles. The molecule has 0 amide bonds. The van der Waals surface area contributed by atoms with E-state index in [-0.39, 0.29) is 5.82 Å². The van der Waals surface area contributed by atoms with Gasteiger partial charge in [0, 0.05) is 24.2 Å². The summed E-state index contributed by atoms with van der Waals surface area (Å²) in [7, 11) is 0. The highest BCUT2D eigenvalue weighted by atomic mass is 79.9. The molecule has 0 N–H and O–H groups in total. The number of alkyl halides is 1. The summed E-state index contributed by atoms with van der Waals surface area (Å²) in [5.41, 5.74) is 0.904. The Morgan fingerprint density at radius 2 is 2.12 bits per heavy atom. The van der Waals surface area contributed by atoms with Gasteiger partial charge >= 0.3 is 0 Å². The molecule has 0 radical (unpaired) electrons. The van der Waals surface area contributed by atoms with Crippen LogP contribution in [0.2, 0.25) is 0 Å². The van der Waals surface area contributed by atoms with Gasteiger partial charge in [0.25, 0.3) is 0 Å². The lowest BCUT2D eigenvalue weighted by molar-refractivity contribution is 0.457. The maximum absolute atomic E-state index is 13.2. The number of rotatable bonds is 3. The summed E-state index contributed by atoms with van der Waals surface area (Å²) in [5, 5.41) is 0. The summed E-state index contributed by atoms with van der Waals surface area (Å²) in [6.07, 6.45) is 1.62. The van der Waals surface area contributed by atoms with E-state index in [0.29, 0.717) is 22.0 Å². The Hall–Kier alpha value is -1.13. The molecule has 0 saturated carbocycles. The molecule has 2 rings (SSSR count). The number of aromatic nitrogens is 1. The van der Waals surface area contributed by atoms with Crippen LogP contribution in [0.1, 0.15) is 5.56 Å². The van der Waals surface area contributed by atoms with Gasteiger partial charge in [0.05, 0.1) is 4.47 Å². The first-order valence-electron chi connectivity index (χ1n) is 4.83. The Morgan fingerprint density at radius 1 is 1.29 bits per heavy atom. The van der Waals surface area contributed by atoms with Crippen molar-refractivity contribution in [1.29, 1.82) is 0 Å². The Balaban J connectivity index is 2.16. The standard InChI is InChI=1S/C12H8BrClFNO/c13-10-3-2-9(5-11(10)15)17-12-4-1-8(6-14)7-16-12/h1-5,7H,6H2. The molecule has 1 aromatic heterocycles. The lowest BCUT2D eigenvalue weighted by Crippen LogP contribution is -1.89. The molecule has 0 fully saturated rings. The molecule has 0 aliphatic heterocycles. The Morgan fingerprint density at radius 3 is 2.71 bits per heavy atom. The van der Waals surface area contributed by atoms with Gasteiger partial charge in [-0.15, -0.1) is 11.6 Å². The molecular weight excluding hydrogens is 308 g/mol. The van der Waals surface area contributed by atoms with Gasteiger partial charge in [-0.2, -0.15) is 0 Å². The van der Waals surface area contributed by atoms with E-state index in [0.717, 1.165) is 5.56 Å². The van der Waals surface area contributed by atoms with Gasteiger partial charge in [-0.05, 0) is 33.6 Å². The molecule has 5 heteroatoms. The lowest BCUT2D eigenvalue weighted by atomic mass is 10.3. The zero-order valence-electron chi connectivity index (χ0n) is 8.66. The van der Waals surface area contributed by atoms with E-state index in [4.69, 9.17) is 16.3 Å². The fourth-order valence-corrected chi connectivity index (χ4v) is 1.62. The molecule has 0 unspecified atom stereocenters. The first-order valence-corrected chi connectivity index (χ1v) is 6.15. The van der Waals surface area contributed by atoms with Crippen LogP contribution in [0.5, 0.6) is 11.6 Å². The van der Waals surface area contributed by atoms with Crippen molar-refractivity contribution in [1.82, 2.24) is 4.98 Å². The monoisotopic (exact) mass is 315 g/mol. The van der Waals surface area contributed by atoms with Crippen molar-refractivity contribution in [3.63, 3.8) is 0 Å². The van der Waals surface area contributed by atoms with Crippen molar-refractivity contribution in [3.8, 4) is 11.6 Å². The van der Waals surface area contributed by atoms with Gasteiger partial charge in [0.1, 0.15) is 11.6 Å². The third-order valence-corrected chi connectivity index (χ3v) is 3.02. The molecule has 1 heterocycles. The minimum atomic E-state index is -0.375. The Labute approximate surface area is 112 Å². The summed E-state index contributed by atoms with van der Waals surface area (Å²) >= 11 is 8.71. The van der Waals surface area contributed by atoms with Crippen molar-refractivity contribution < 1.29 is 9.13 Å². The first-order chi connectivity index (χ1) is 8.19. The fourth-order valence-electron chi connectivity index (χ4n) is 1.21. The number of hydrogen-bond donors (Lipinski definition) is 0. The predicted molar refractivity (Wildman–Crippen MR) is 68.0 cm³/mol. The molecule has 0 aliphatic rings. The number of nitrogens with zero attached hydrogens (tertiary/aromatic N) is 1. The third-order valence-electron chi connectivity index (χ3n) is 2.07. The van der Waals surface area contributed by atoms with Crippen molar-refractivity contribution in [2.24, 2.45) is 0 Å². The average molecular weight is 317 g/mol. The molecule has 2 nitrogen and oxygen atoms in total. The number of ether oxygens (including phenoxy) is 1. The van der Waals surface area contributed by atoms with Crippen LogP contribution in [-0.2, 0) is 5.88 Å². The minimum absolute atomic E-state index is 0.375. The van der Waals surface area contributed by atoms with Gasteiger partial charge < -0.3 is 4.74 Å². The van der Waals surface area contributed by atoms with Gasteiger partial charge in [-0.1, -0.05) is 6.07 Å². The second-order valence-electron chi connectivity index (χ2n) is 3.32. The molecule has 0 atom stereocenters. The van der Waals surface area contributed by atoms with Crippen molar-refractivity contribution >= 4 is 27.5 Å². The molecule has 0 aliphatic carbocycles. The molecule has 17 heavy (non-hydrogen) atoms. The van der Waals surface area contributed by atoms with Crippen LogP contribution >= 0.6 is 27.5 Å². The normalized spacial score (nSPS) is 10.3. The van der Waals surface area contributed by atoms with Crippen LogP contribution < -0.4 is 4.74 Å². The predicted octanol–water partition coefficient (Wildman–Crippen LogP) is 4.51. The summed E-state index contributed by atoms with van der Waals surface area (Å²) < 4.78 is 19.0. The van der Waals surface area contributed by atoms with Gasteiger partial charge in [-0.3, -0.25) is 0 Å². The summed E-state index contributed by atoms with van der Waals surface area (Å²) in [5.74, 6) is 0.831. The molecule has 2 aromatic rings. The first kappa shape index (κ1) is 12.3. The topological polar surface area (TPSA) is 22.1 Å². The minimum Gasteiger partial charge on any atom is -0.439 e. The van der Waals surface area contributed by atoms with E-state index < -0.39 is 0 Å². The van der Waals surface area contributed by atoms with Crippen LogP contribution in [0, 0.1) is 5.82 Å². The maximum atomic E-state index is 13.2. The molecule has 0 saturated heterocycles. The third kappa shape index (κ3) is 3.17. The summed E-state index contributed by atoms with van der Waals surface area (Å²) in [6.45, 7) is 0. The average Bonchev–Trinajstić information content (AvgIpc) is 2.35. The van der Waals surface area contributed by atoms with Crippen LogP contribution in [0.25, 0.3) is 0 Å². The van der Waals surface area contributed by atoms with E-state index in [9.17, 15) is 4.39 Å². The second kappa shape index (κ2) is 5.47. The molecule has 88 valence electrons. The smallest absolute Gasteiger partial charge is 0.219 e. The van der Waals surface area contributed by atoms with Crippen LogP contribution in [0.4, 0.5) is 4.39 Å². The van der Waals surface area contributed by atoms with Crippen molar-refractivity contribution in [3.05, 3.63) is 52.4 Å². The van der Waals surface area contributed by atoms with E-state index in [1.807, 2.05) is 6.07 Å². The van der Waals surface area contributed by atoms with Crippen LogP contribution in [0.3, 0.4) is 0 Å². The highest BCUT2D eigenvalue weighted by Gasteiger charge is 2.03. The quantitative estimate of drug-likeness (QED) is 0.777.